The zero-order chi connectivity index (χ0) is 26.1. The first-order chi connectivity index (χ1) is 16.9. The van der Waals surface area contributed by atoms with Crippen LogP contribution in [0.3, 0.4) is 0 Å². The van der Waals surface area contributed by atoms with E-state index in [9.17, 15) is 31.5 Å². The van der Waals surface area contributed by atoms with Crippen LogP contribution in [-0.2, 0) is 22.9 Å². The van der Waals surface area contributed by atoms with Crippen molar-refractivity contribution in [2.75, 3.05) is 19.4 Å². The fourth-order valence-corrected chi connectivity index (χ4v) is 5.45. The maximum atomic E-state index is 12.9. The number of aliphatic hydroxyl groups is 1. The zero-order valence-electron chi connectivity index (χ0n) is 19.8. The fourth-order valence-electron chi connectivity index (χ4n) is 4.89. The second kappa shape index (κ2) is 10.4. The molecule has 8 nitrogen and oxygen atoms in total. The van der Waals surface area contributed by atoms with Crippen LogP contribution in [0.4, 0.5) is 13.2 Å². The van der Waals surface area contributed by atoms with Crippen molar-refractivity contribution in [3.63, 3.8) is 0 Å². The summed E-state index contributed by atoms with van der Waals surface area (Å²) in [4.78, 5) is 23.5. The highest BCUT2D eigenvalue weighted by Crippen LogP contribution is 2.40. The van der Waals surface area contributed by atoms with Gasteiger partial charge in [-0.05, 0) is 55.4 Å². The number of pyridine rings is 2. The van der Waals surface area contributed by atoms with Crippen LogP contribution >= 0.6 is 0 Å². The Morgan fingerprint density at radius 1 is 1.17 bits per heavy atom. The average molecular weight is 527 g/mol. The lowest BCUT2D eigenvalue weighted by atomic mass is 9.81. The standard InChI is InChI=1S/C24H29F3N4O4S/c1-36(34,35)19-6-7-20(29-10-19)22(14-32)30-23(33)16-8-17-12-31(13-21(17)28-9-16)11-15-2-4-18(5-3-15)24(25,26)27/h6-10,15,18,22,32H,2-5,11-14H2,1H3,(H,30,33)/t15?,18?,22-/m0/s1. The number of nitrogens with one attached hydrogen (secondary N) is 1. The molecule has 0 aromatic carbocycles. The summed E-state index contributed by atoms with van der Waals surface area (Å²) in [5.74, 6) is -1.43. The van der Waals surface area contributed by atoms with Crippen molar-refractivity contribution in [1.29, 1.82) is 0 Å². The Labute approximate surface area is 207 Å². The van der Waals surface area contributed by atoms with Crippen molar-refractivity contribution in [1.82, 2.24) is 20.2 Å². The van der Waals surface area contributed by atoms with Gasteiger partial charge in [-0.25, -0.2) is 8.42 Å². The Kier molecular flexibility index (Phi) is 7.67. The molecule has 1 aliphatic heterocycles. The number of sulfone groups is 1. The van der Waals surface area contributed by atoms with E-state index in [0.717, 1.165) is 17.5 Å². The highest BCUT2D eigenvalue weighted by atomic mass is 32.2. The smallest absolute Gasteiger partial charge is 0.391 e. The normalized spacial score (nSPS) is 21.7. The van der Waals surface area contributed by atoms with Crippen LogP contribution < -0.4 is 5.32 Å². The highest BCUT2D eigenvalue weighted by Gasteiger charge is 2.41. The molecule has 0 bridgehead atoms. The Morgan fingerprint density at radius 2 is 1.89 bits per heavy atom. The van der Waals surface area contributed by atoms with Crippen molar-refractivity contribution in [2.24, 2.45) is 11.8 Å². The van der Waals surface area contributed by atoms with Crippen LogP contribution in [0.5, 0.6) is 0 Å². The van der Waals surface area contributed by atoms with E-state index in [1.54, 1.807) is 6.07 Å². The molecule has 2 aromatic rings. The first-order valence-corrected chi connectivity index (χ1v) is 13.7. The number of fused-ring (bicyclic) bond motifs is 1. The van der Waals surface area contributed by atoms with Gasteiger partial charge in [-0.1, -0.05) is 0 Å². The number of aromatic nitrogens is 2. The molecular weight excluding hydrogens is 497 g/mol. The maximum absolute atomic E-state index is 12.9. The molecule has 0 spiro atoms. The van der Waals surface area contributed by atoms with E-state index in [1.807, 2.05) is 0 Å². The molecule has 1 amide bonds. The van der Waals surface area contributed by atoms with Crippen LogP contribution in [0, 0.1) is 11.8 Å². The quantitative estimate of drug-likeness (QED) is 0.570. The third-order valence-corrected chi connectivity index (χ3v) is 8.05. The predicted octanol–water partition coefficient (Wildman–Crippen LogP) is 3.03. The molecule has 2 aliphatic rings. The molecule has 2 N–H and O–H groups in total. The number of amides is 1. The predicted molar refractivity (Wildman–Crippen MR) is 124 cm³/mol. The molecule has 1 fully saturated rings. The lowest BCUT2D eigenvalue weighted by molar-refractivity contribution is -0.184. The molecule has 0 unspecified atom stereocenters. The van der Waals surface area contributed by atoms with Gasteiger partial charge in [0, 0.05) is 38.3 Å². The fraction of sp³-hybridized carbons (Fsp3) is 0.542. The van der Waals surface area contributed by atoms with Crippen LogP contribution in [0.2, 0.25) is 0 Å². The zero-order valence-corrected chi connectivity index (χ0v) is 20.6. The molecule has 0 radical (unpaired) electrons. The monoisotopic (exact) mass is 526 g/mol. The van der Waals surface area contributed by atoms with Gasteiger partial charge in [-0.2, -0.15) is 13.2 Å². The number of carbonyl (C=O) groups is 1. The number of rotatable bonds is 7. The van der Waals surface area contributed by atoms with Crippen LogP contribution in [-0.4, -0.2) is 59.9 Å². The maximum Gasteiger partial charge on any atom is 0.391 e. The molecule has 4 rings (SSSR count). The Balaban J connectivity index is 1.35. The number of carbonyl (C=O) groups excluding carboxylic acids is 1. The van der Waals surface area contributed by atoms with E-state index in [0.29, 0.717) is 43.7 Å². The van der Waals surface area contributed by atoms with Gasteiger partial charge in [-0.15, -0.1) is 0 Å². The minimum absolute atomic E-state index is 0.0371. The first-order valence-electron chi connectivity index (χ1n) is 11.8. The van der Waals surface area contributed by atoms with Gasteiger partial charge in [0.25, 0.3) is 5.91 Å². The summed E-state index contributed by atoms with van der Waals surface area (Å²) in [5, 5.41) is 12.4. The van der Waals surface area contributed by atoms with Crippen LogP contribution in [0.1, 0.15) is 59.0 Å². The summed E-state index contributed by atoms with van der Waals surface area (Å²) >= 11 is 0. The first kappa shape index (κ1) is 26.5. The molecule has 1 atom stereocenters. The van der Waals surface area contributed by atoms with Gasteiger partial charge in [-0.3, -0.25) is 19.7 Å². The topological polar surface area (TPSA) is 112 Å². The third-order valence-electron chi connectivity index (χ3n) is 6.95. The molecule has 12 heteroatoms. The van der Waals surface area contributed by atoms with Crippen molar-refractivity contribution >= 4 is 15.7 Å². The number of aliphatic hydroxyl groups excluding tert-OH is 1. The summed E-state index contributed by atoms with van der Waals surface area (Å²) in [5.41, 5.74) is 2.36. The van der Waals surface area contributed by atoms with Gasteiger partial charge < -0.3 is 10.4 Å². The second-order valence-corrected chi connectivity index (χ2v) is 11.7. The lowest BCUT2D eigenvalue weighted by Gasteiger charge is -2.32. The second-order valence-electron chi connectivity index (χ2n) is 9.66. The molecular formula is C24H29F3N4O4S. The van der Waals surface area contributed by atoms with Crippen molar-refractivity contribution in [2.45, 2.75) is 55.9 Å². The van der Waals surface area contributed by atoms with Gasteiger partial charge in [0.05, 0.1) is 40.4 Å². The minimum atomic E-state index is -4.11. The summed E-state index contributed by atoms with van der Waals surface area (Å²) < 4.78 is 62.0. The molecule has 2 aromatic heterocycles. The average Bonchev–Trinajstić information content (AvgIpc) is 3.23. The SMILES string of the molecule is CS(=O)(=O)c1ccc([C@H](CO)NC(=O)c2cnc3c(c2)CN(CC2CCC(C(F)(F)F)CC2)C3)nc1. The Morgan fingerprint density at radius 3 is 2.47 bits per heavy atom. The van der Waals surface area contributed by atoms with Crippen LogP contribution in [0.15, 0.2) is 35.5 Å². The number of nitrogens with zero attached hydrogens (tertiary/aromatic N) is 3. The van der Waals surface area contributed by atoms with Gasteiger partial charge in [0.15, 0.2) is 9.84 Å². The van der Waals surface area contributed by atoms with Crippen molar-refractivity contribution < 1.29 is 31.5 Å². The van der Waals surface area contributed by atoms with E-state index >= 15 is 0 Å². The van der Waals surface area contributed by atoms with Crippen molar-refractivity contribution in [3.8, 4) is 0 Å². The largest absolute Gasteiger partial charge is 0.394 e. The van der Waals surface area contributed by atoms with Gasteiger partial charge in [0.1, 0.15) is 0 Å². The molecule has 3 heterocycles. The number of hydrogen-bond donors (Lipinski definition) is 2. The molecule has 1 aliphatic carbocycles. The van der Waals surface area contributed by atoms with E-state index in [1.165, 1.54) is 24.5 Å². The van der Waals surface area contributed by atoms with E-state index in [-0.39, 0.29) is 23.7 Å². The van der Waals surface area contributed by atoms with E-state index < -0.39 is 40.5 Å². The Bertz CT molecular complexity index is 1200. The summed E-state index contributed by atoms with van der Waals surface area (Å²) in [7, 11) is -3.42. The molecule has 36 heavy (non-hydrogen) atoms. The Hall–Kier alpha value is -2.57. The number of halogens is 3. The highest BCUT2D eigenvalue weighted by molar-refractivity contribution is 7.90. The lowest BCUT2D eigenvalue weighted by Crippen LogP contribution is -2.32. The summed E-state index contributed by atoms with van der Waals surface area (Å²) in [6, 6.07) is 3.72. The van der Waals surface area contributed by atoms with Crippen molar-refractivity contribution in [3.05, 3.63) is 53.1 Å². The van der Waals surface area contributed by atoms with Crippen LogP contribution in [0.25, 0.3) is 0 Å². The summed E-state index contributed by atoms with van der Waals surface area (Å²) in [6.07, 6.45) is 1.06. The number of hydrogen-bond acceptors (Lipinski definition) is 7. The van der Waals surface area contributed by atoms with E-state index in [4.69, 9.17) is 0 Å². The number of alkyl halides is 3. The molecule has 0 saturated heterocycles. The van der Waals surface area contributed by atoms with Gasteiger partial charge in [0.2, 0.25) is 0 Å². The molecule has 1 saturated carbocycles. The van der Waals surface area contributed by atoms with E-state index in [2.05, 4.69) is 20.2 Å². The third kappa shape index (κ3) is 6.22. The minimum Gasteiger partial charge on any atom is -0.394 e. The molecule has 196 valence electrons. The van der Waals surface area contributed by atoms with Gasteiger partial charge >= 0.3 is 6.18 Å². The summed E-state index contributed by atoms with van der Waals surface area (Å²) in [6.45, 7) is 1.43.